The first-order valence-electron chi connectivity index (χ1n) is 7.16. The van der Waals surface area contributed by atoms with E-state index >= 15 is 0 Å². The highest BCUT2D eigenvalue weighted by Gasteiger charge is 2.13. The lowest BCUT2D eigenvalue weighted by Gasteiger charge is -2.16. The molecule has 1 aromatic heterocycles. The highest BCUT2D eigenvalue weighted by molar-refractivity contribution is 9.10. The molecule has 1 N–H and O–H groups in total. The van der Waals surface area contributed by atoms with Gasteiger partial charge in [-0.2, -0.15) is 5.10 Å². The van der Waals surface area contributed by atoms with Gasteiger partial charge in [0.05, 0.1) is 23.0 Å². The average Bonchev–Trinajstić information content (AvgIpc) is 2.79. The van der Waals surface area contributed by atoms with Gasteiger partial charge in [0.15, 0.2) is 0 Å². The van der Waals surface area contributed by atoms with Crippen LogP contribution in [0.15, 0.2) is 28.7 Å². The SMILES string of the molecule is CCn1nc(C)c(Br)c1CN[C@@H](C)c1cccc(OC)c1. The molecule has 5 heteroatoms. The molecule has 1 aromatic carbocycles. The molecule has 1 heterocycles. The van der Waals surface area contributed by atoms with E-state index in [1.807, 2.05) is 23.7 Å². The summed E-state index contributed by atoms with van der Waals surface area (Å²) in [6.45, 7) is 7.92. The largest absolute Gasteiger partial charge is 0.497 e. The van der Waals surface area contributed by atoms with Crippen molar-refractivity contribution in [1.29, 1.82) is 0 Å². The maximum absolute atomic E-state index is 5.28. The monoisotopic (exact) mass is 351 g/mol. The van der Waals surface area contributed by atoms with Crippen molar-refractivity contribution in [1.82, 2.24) is 15.1 Å². The van der Waals surface area contributed by atoms with Crippen LogP contribution in [0.1, 0.15) is 36.8 Å². The molecule has 0 saturated heterocycles. The Kier molecular flexibility index (Phi) is 5.42. The number of methoxy groups -OCH3 is 1. The van der Waals surface area contributed by atoms with Crippen LogP contribution in [0.2, 0.25) is 0 Å². The summed E-state index contributed by atoms with van der Waals surface area (Å²) in [4.78, 5) is 0. The van der Waals surface area contributed by atoms with Crippen LogP contribution in [0.4, 0.5) is 0 Å². The highest BCUT2D eigenvalue weighted by Crippen LogP contribution is 2.23. The van der Waals surface area contributed by atoms with Crippen molar-refractivity contribution in [2.24, 2.45) is 0 Å². The van der Waals surface area contributed by atoms with Gasteiger partial charge >= 0.3 is 0 Å². The molecular formula is C16H22BrN3O. The van der Waals surface area contributed by atoms with Crippen LogP contribution in [-0.2, 0) is 13.1 Å². The van der Waals surface area contributed by atoms with Crippen molar-refractivity contribution < 1.29 is 4.74 Å². The number of hydrogen-bond acceptors (Lipinski definition) is 3. The second-order valence-electron chi connectivity index (χ2n) is 5.04. The molecule has 1 atom stereocenters. The Balaban J connectivity index is 2.08. The van der Waals surface area contributed by atoms with E-state index < -0.39 is 0 Å². The van der Waals surface area contributed by atoms with Crippen molar-refractivity contribution in [3.8, 4) is 5.75 Å². The second-order valence-corrected chi connectivity index (χ2v) is 5.83. The predicted octanol–water partition coefficient (Wildman–Crippen LogP) is 3.83. The summed E-state index contributed by atoms with van der Waals surface area (Å²) in [5, 5.41) is 8.07. The fourth-order valence-electron chi connectivity index (χ4n) is 2.32. The number of aromatic nitrogens is 2. The second kappa shape index (κ2) is 7.09. The minimum absolute atomic E-state index is 0.243. The van der Waals surface area contributed by atoms with Gasteiger partial charge in [-0.1, -0.05) is 12.1 Å². The number of hydrogen-bond donors (Lipinski definition) is 1. The third-order valence-electron chi connectivity index (χ3n) is 3.62. The molecule has 2 rings (SSSR count). The Morgan fingerprint density at radius 3 is 2.86 bits per heavy atom. The Morgan fingerprint density at radius 1 is 1.43 bits per heavy atom. The summed E-state index contributed by atoms with van der Waals surface area (Å²) < 4.78 is 8.40. The normalized spacial score (nSPS) is 12.4. The zero-order chi connectivity index (χ0) is 15.4. The number of halogens is 1. The topological polar surface area (TPSA) is 39.1 Å². The first-order valence-corrected chi connectivity index (χ1v) is 7.95. The van der Waals surface area contributed by atoms with E-state index in [1.165, 1.54) is 11.3 Å². The van der Waals surface area contributed by atoms with E-state index in [9.17, 15) is 0 Å². The molecule has 0 fully saturated rings. The molecule has 0 unspecified atom stereocenters. The number of nitrogens with one attached hydrogen (secondary N) is 1. The summed E-state index contributed by atoms with van der Waals surface area (Å²) >= 11 is 3.63. The molecule has 4 nitrogen and oxygen atoms in total. The Morgan fingerprint density at radius 2 is 2.19 bits per heavy atom. The molecule has 0 spiro atoms. The lowest BCUT2D eigenvalue weighted by atomic mass is 10.1. The zero-order valence-electron chi connectivity index (χ0n) is 13.0. The molecule has 0 amide bonds. The fraction of sp³-hybridized carbons (Fsp3) is 0.438. The summed E-state index contributed by atoms with van der Waals surface area (Å²) in [7, 11) is 1.69. The molecule has 0 saturated carbocycles. The molecule has 0 aliphatic heterocycles. The average molecular weight is 352 g/mol. The quantitative estimate of drug-likeness (QED) is 0.859. The minimum Gasteiger partial charge on any atom is -0.497 e. The summed E-state index contributed by atoms with van der Waals surface area (Å²) in [5.41, 5.74) is 3.43. The van der Waals surface area contributed by atoms with Gasteiger partial charge in [0.1, 0.15) is 5.75 Å². The van der Waals surface area contributed by atoms with Gasteiger partial charge in [-0.05, 0) is 54.4 Å². The Labute approximate surface area is 134 Å². The number of nitrogens with zero attached hydrogens (tertiary/aromatic N) is 2. The van der Waals surface area contributed by atoms with E-state index in [0.29, 0.717) is 0 Å². The van der Waals surface area contributed by atoms with E-state index in [1.54, 1.807) is 7.11 Å². The minimum atomic E-state index is 0.243. The fourth-order valence-corrected chi connectivity index (χ4v) is 2.74. The van der Waals surface area contributed by atoms with Crippen LogP contribution >= 0.6 is 15.9 Å². The van der Waals surface area contributed by atoms with Crippen LogP contribution in [0.25, 0.3) is 0 Å². The van der Waals surface area contributed by atoms with Crippen LogP contribution < -0.4 is 10.1 Å². The van der Waals surface area contributed by atoms with Crippen molar-refractivity contribution >= 4 is 15.9 Å². The van der Waals surface area contributed by atoms with E-state index in [2.05, 4.69) is 52.3 Å². The van der Waals surface area contributed by atoms with E-state index in [4.69, 9.17) is 4.74 Å². The van der Waals surface area contributed by atoms with Gasteiger partial charge in [0.25, 0.3) is 0 Å². The number of ether oxygens (including phenoxy) is 1. The maximum atomic E-state index is 5.28. The molecule has 0 radical (unpaired) electrons. The van der Waals surface area contributed by atoms with Crippen molar-refractivity contribution in [2.75, 3.05) is 7.11 Å². The third-order valence-corrected chi connectivity index (χ3v) is 4.65. The van der Waals surface area contributed by atoms with Crippen molar-refractivity contribution in [3.63, 3.8) is 0 Å². The van der Waals surface area contributed by atoms with Crippen molar-refractivity contribution in [3.05, 3.63) is 45.7 Å². The van der Waals surface area contributed by atoms with Gasteiger partial charge in [-0.15, -0.1) is 0 Å². The van der Waals surface area contributed by atoms with Gasteiger partial charge < -0.3 is 10.1 Å². The zero-order valence-corrected chi connectivity index (χ0v) is 14.6. The Bertz CT molecular complexity index is 610. The molecule has 0 bridgehead atoms. The molecule has 0 aliphatic carbocycles. The standard InChI is InChI=1S/C16H22BrN3O/c1-5-20-15(16(17)12(3)19-20)10-18-11(2)13-7-6-8-14(9-13)21-4/h6-9,11,18H,5,10H2,1-4H3/t11-/m0/s1. The molecule has 2 aromatic rings. The molecule has 114 valence electrons. The van der Waals surface area contributed by atoms with Crippen LogP contribution in [0, 0.1) is 6.92 Å². The third kappa shape index (κ3) is 3.66. The summed E-state index contributed by atoms with van der Waals surface area (Å²) in [6, 6.07) is 8.39. The van der Waals surface area contributed by atoms with Gasteiger partial charge in [-0.25, -0.2) is 0 Å². The molecular weight excluding hydrogens is 330 g/mol. The number of benzene rings is 1. The van der Waals surface area contributed by atoms with Crippen LogP contribution in [-0.4, -0.2) is 16.9 Å². The molecule has 0 aliphatic rings. The number of aryl methyl sites for hydroxylation is 2. The first-order chi connectivity index (χ1) is 10.1. The van der Waals surface area contributed by atoms with Gasteiger partial charge in [0, 0.05) is 19.1 Å². The first kappa shape index (κ1) is 16.0. The van der Waals surface area contributed by atoms with Gasteiger partial charge in [-0.3, -0.25) is 4.68 Å². The lowest BCUT2D eigenvalue weighted by Crippen LogP contribution is -2.20. The van der Waals surface area contributed by atoms with Crippen molar-refractivity contribution in [2.45, 2.75) is 39.9 Å². The predicted molar refractivity (Wildman–Crippen MR) is 88.6 cm³/mol. The molecule has 21 heavy (non-hydrogen) atoms. The summed E-state index contributed by atoms with van der Waals surface area (Å²) in [5.74, 6) is 0.886. The summed E-state index contributed by atoms with van der Waals surface area (Å²) in [6.07, 6.45) is 0. The number of rotatable bonds is 6. The Hall–Kier alpha value is -1.33. The van der Waals surface area contributed by atoms with E-state index in [0.717, 1.165) is 29.0 Å². The lowest BCUT2D eigenvalue weighted by molar-refractivity contribution is 0.413. The smallest absolute Gasteiger partial charge is 0.119 e. The van der Waals surface area contributed by atoms with E-state index in [-0.39, 0.29) is 6.04 Å². The van der Waals surface area contributed by atoms with Crippen LogP contribution in [0.5, 0.6) is 5.75 Å². The highest BCUT2D eigenvalue weighted by atomic mass is 79.9. The maximum Gasteiger partial charge on any atom is 0.119 e. The van der Waals surface area contributed by atoms with Crippen LogP contribution in [0.3, 0.4) is 0 Å². The van der Waals surface area contributed by atoms with Gasteiger partial charge in [0.2, 0.25) is 0 Å².